The van der Waals surface area contributed by atoms with Crippen molar-refractivity contribution in [2.45, 2.75) is 6.42 Å². The van der Waals surface area contributed by atoms with Crippen molar-refractivity contribution in [2.75, 3.05) is 7.11 Å². The van der Waals surface area contributed by atoms with Crippen LogP contribution in [0, 0.1) is 0 Å². The SMILES string of the molecule is COc1ccc2c(CC(=O)O)c(C(=O)c3ccc(Cl)cc3)[nH]c2c1. The maximum atomic E-state index is 12.8. The lowest BCUT2D eigenvalue weighted by molar-refractivity contribution is -0.136. The Morgan fingerprint density at radius 3 is 2.50 bits per heavy atom. The molecule has 6 heteroatoms. The fourth-order valence-electron chi connectivity index (χ4n) is 2.64. The first-order chi connectivity index (χ1) is 11.5. The number of halogens is 1. The highest BCUT2D eigenvalue weighted by molar-refractivity contribution is 6.30. The van der Waals surface area contributed by atoms with E-state index in [1.807, 2.05) is 0 Å². The molecule has 0 bridgehead atoms. The van der Waals surface area contributed by atoms with Crippen LogP contribution in [0.5, 0.6) is 5.75 Å². The Bertz CT molecular complexity index is 928. The highest BCUT2D eigenvalue weighted by atomic mass is 35.5. The molecule has 122 valence electrons. The van der Waals surface area contributed by atoms with E-state index in [-0.39, 0.29) is 17.9 Å². The minimum absolute atomic E-state index is 0.249. The maximum absolute atomic E-state index is 12.8. The van der Waals surface area contributed by atoms with Crippen LogP contribution < -0.4 is 4.74 Å². The number of H-pyrrole nitrogens is 1. The van der Waals surface area contributed by atoms with Gasteiger partial charge in [0.25, 0.3) is 0 Å². The highest BCUT2D eigenvalue weighted by Crippen LogP contribution is 2.28. The normalized spacial score (nSPS) is 10.8. The number of carboxylic acid groups (broad SMARTS) is 1. The zero-order valence-electron chi connectivity index (χ0n) is 12.8. The van der Waals surface area contributed by atoms with Crippen molar-refractivity contribution in [3.63, 3.8) is 0 Å². The average Bonchev–Trinajstić information content (AvgIpc) is 2.92. The van der Waals surface area contributed by atoms with Gasteiger partial charge in [0.05, 0.1) is 19.2 Å². The van der Waals surface area contributed by atoms with Crippen molar-refractivity contribution < 1.29 is 19.4 Å². The van der Waals surface area contributed by atoms with E-state index in [0.717, 1.165) is 0 Å². The van der Waals surface area contributed by atoms with Crippen molar-refractivity contribution in [3.05, 3.63) is 64.3 Å². The van der Waals surface area contributed by atoms with Gasteiger partial charge >= 0.3 is 5.97 Å². The number of hydrogen-bond donors (Lipinski definition) is 2. The minimum atomic E-state index is -1.00. The molecule has 0 radical (unpaired) electrons. The van der Waals surface area contributed by atoms with Crippen molar-refractivity contribution >= 4 is 34.3 Å². The average molecular weight is 344 g/mol. The summed E-state index contributed by atoms with van der Waals surface area (Å²) in [6.45, 7) is 0. The van der Waals surface area contributed by atoms with E-state index >= 15 is 0 Å². The van der Waals surface area contributed by atoms with Gasteiger partial charge in [0.2, 0.25) is 5.78 Å². The first-order valence-electron chi connectivity index (χ1n) is 7.20. The molecule has 0 unspecified atom stereocenters. The van der Waals surface area contributed by atoms with Gasteiger partial charge in [-0.15, -0.1) is 0 Å². The second kappa shape index (κ2) is 6.37. The minimum Gasteiger partial charge on any atom is -0.497 e. The number of hydrogen-bond acceptors (Lipinski definition) is 3. The van der Waals surface area contributed by atoms with Gasteiger partial charge in [-0.1, -0.05) is 11.6 Å². The van der Waals surface area contributed by atoms with Crippen LogP contribution in [-0.4, -0.2) is 29.0 Å². The molecule has 0 aliphatic rings. The largest absolute Gasteiger partial charge is 0.497 e. The van der Waals surface area contributed by atoms with Crippen LogP contribution in [0.1, 0.15) is 21.6 Å². The summed E-state index contributed by atoms with van der Waals surface area (Å²) in [6, 6.07) is 11.7. The quantitative estimate of drug-likeness (QED) is 0.692. The Balaban J connectivity index is 2.15. The number of methoxy groups -OCH3 is 1. The molecule has 0 fully saturated rings. The number of carboxylic acids is 1. The molecular formula is C18H14ClNO4. The molecule has 0 aliphatic carbocycles. The molecule has 3 aromatic rings. The van der Waals surface area contributed by atoms with Crippen molar-refractivity contribution in [2.24, 2.45) is 0 Å². The number of ether oxygens (including phenoxy) is 1. The molecule has 0 saturated heterocycles. The molecular weight excluding hydrogens is 330 g/mol. The number of aliphatic carboxylic acids is 1. The maximum Gasteiger partial charge on any atom is 0.307 e. The van der Waals surface area contributed by atoms with Crippen molar-refractivity contribution in [1.82, 2.24) is 4.98 Å². The summed E-state index contributed by atoms with van der Waals surface area (Å²) >= 11 is 5.85. The number of rotatable bonds is 5. The summed E-state index contributed by atoms with van der Waals surface area (Å²) in [5, 5.41) is 10.4. The van der Waals surface area contributed by atoms with Crippen molar-refractivity contribution in [1.29, 1.82) is 0 Å². The standard InChI is InChI=1S/C18H14ClNO4/c1-24-12-6-7-13-14(9-16(21)22)17(20-15(13)8-12)18(23)10-2-4-11(19)5-3-10/h2-8,20H,9H2,1H3,(H,21,22). The molecule has 5 nitrogen and oxygen atoms in total. The molecule has 1 aromatic heterocycles. The Morgan fingerprint density at radius 2 is 1.88 bits per heavy atom. The number of fused-ring (bicyclic) bond motifs is 1. The van der Waals surface area contributed by atoms with Gasteiger partial charge < -0.3 is 14.8 Å². The number of benzene rings is 2. The summed E-state index contributed by atoms with van der Waals surface area (Å²) in [5.41, 5.74) is 1.82. The molecule has 0 atom stereocenters. The number of nitrogens with one attached hydrogen (secondary N) is 1. The third-order valence-corrected chi connectivity index (χ3v) is 4.03. The lowest BCUT2D eigenvalue weighted by atomic mass is 10.0. The molecule has 24 heavy (non-hydrogen) atoms. The molecule has 0 saturated carbocycles. The summed E-state index contributed by atoms with van der Waals surface area (Å²) in [6.07, 6.45) is -0.249. The van der Waals surface area contributed by atoms with E-state index in [0.29, 0.717) is 32.8 Å². The number of carbonyl (C=O) groups excluding carboxylic acids is 1. The first-order valence-corrected chi connectivity index (χ1v) is 7.58. The summed E-state index contributed by atoms with van der Waals surface area (Å²) in [5.74, 6) is -0.661. The van der Waals surface area contributed by atoms with Gasteiger partial charge in [0, 0.05) is 33.1 Å². The predicted octanol–water partition coefficient (Wildman–Crippen LogP) is 3.69. The second-order valence-corrected chi connectivity index (χ2v) is 5.73. The van der Waals surface area contributed by atoms with Crippen LogP contribution in [0.4, 0.5) is 0 Å². The highest BCUT2D eigenvalue weighted by Gasteiger charge is 2.21. The number of aromatic nitrogens is 1. The Kier molecular flexibility index (Phi) is 4.27. The fourth-order valence-corrected chi connectivity index (χ4v) is 2.76. The summed E-state index contributed by atoms with van der Waals surface area (Å²) < 4.78 is 5.17. The van der Waals surface area contributed by atoms with Gasteiger partial charge in [-0.2, -0.15) is 0 Å². The molecule has 3 rings (SSSR count). The lowest BCUT2D eigenvalue weighted by Gasteiger charge is -2.03. The monoisotopic (exact) mass is 343 g/mol. The van der Waals surface area contributed by atoms with E-state index in [2.05, 4.69) is 4.98 Å². The molecule has 1 heterocycles. The van der Waals surface area contributed by atoms with E-state index in [1.165, 1.54) is 0 Å². The summed E-state index contributed by atoms with van der Waals surface area (Å²) in [7, 11) is 1.54. The first kappa shape index (κ1) is 16.1. The lowest BCUT2D eigenvalue weighted by Crippen LogP contribution is -2.08. The number of aromatic amines is 1. The zero-order valence-corrected chi connectivity index (χ0v) is 13.6. The molecule has 0 spiro atoms. The molecule has 0 amide bonds. The van der Waals surface area contributed by atoms with Gasteiger partial charge in [-0.25, -0.2) is 0 Å². The van der Waals surface area contributed by atoms with Gasteiger partial charge in [0.1, 0.15) is 5.75 Å². The van der Waals surface area contributed by atoms with Crippen LogP contribution in [0.25, 0.3) is 10.9 Å². The third-order valence-electron chi connectivity index (χ3n) is 3.77. The van der Waals surface area contributed by atoms with Crippen molar-refractivity contribution in [3.8, 4) is 5.75 Å². The number of carbonyl (C=O) groups is 2. The van der Waals surface area contributed by atoms with Gasteiger partial charge in [-0.3, -0.25) is 9.59 Å². The van der Waals surface area contributed by atoms with Crippen LogP contribution >= 0.6 is 11.6 Å². The second-order valence-electron chi connectivity index (χ2n) is 5.30. The van der Waals surface area contributed by atoms with E-state index < -0.39 is 5.97 Å². The third kappa shape index (κ3) is 2.98. The predicted molar refractivity (Wildman–Crippen MR) is 91.1 cm³/mol. The van der Waals surface area contributed by atoms with E-state index in [9.17, 15) is 14.7 Å². The Labute approximate surface area is 142 Å². The zero-order chi connectivity index (χ0) is 17.3. The molecule has 0 aliphatic heterocycles. The Hall–Kier alpha value is -2.79. The van der Waals surface area contributed by atoms with Gasteiger partial charge in [-0.05, 0) is 36.4 Å². The van der Waals surface area contributed by atoms with Crippen LogP contribution in [0.3, 0.4) is 0 Å². The smallest absolute Gasteiger partial charge is 0.307 e. The van der Waals surface area contributed by atoms with E-state index in [1.54, 1.807) is 49.6 Å². The van der Waals surface area contributed by atoms with Gasteiger partial charge in [0.15, 0.2) is 0 Å². The summed E-state index contributed by atoms with van der Waals surface area (Å²) in [4.78, 5) is 27.0. The molecule has 2 aromatic carbocycles. The van der Waals surface area contributed by atoms with Crippen LogP contribution in [0.15, 0.2) is 42.5 Å². The van der Waals surface area contributed by atoms with Crippen LogP contribution in [-0.2, 0) is 11.2 Å². The topological polar surface area (TPSA) is 79.4 Å². The van der Waals surface area contributed by atoms with Crippen LogP contribution in [0.2, 0.25) is 5.02 Å². The fraction of sp³-hybridized carbons (Fsp3) is 0.111. The number of ketones is 1. The Morgan fingerprint density at radius 1 is 1.17 bits per heavy atom. The van der Waals surface area contributed by atoms with E-state index in [4.69, 9.17) is 16.3 Å². The molecule has 2 N–H and O–H groups in total.